The third kappa shape index (κ3) is 2.99. The maximum absolute atomic E-state index is 13.1. The second-order valence-electron chi connectivity index (χ2n) is 7.70. The largest absolute Gasteiger partial charge is 0.342 e. The Hall–Kier alpha value is -1.41. The van der Waals surface area contributed by atoms with Crippen molar-refractivity contribution in [3.8, 4) is 0 Å². The molecule has 25 heavy (non-hydrogen) atoms. The van der Waals surface area contributed by atoms with Gasteiger partial charge in [0.05, 0.1) is 11.6 Å². The van der Waals surface area contributed by atoms with Crippen LogP contribution in [0.1, 0.15) is 39.0 Å². The molecule has 2 saturated heterocycles. The van der Waals surface area contributed by atoms with Crippen LogP contribution in [0.3, 0.4) is 0 Å². The summed E-state index contributed by atoms with van der Waals surface area (Å²) >= 11 is 0. The van der Waals surface area contributed by atoms with Crippen LogP contribution in [-0.2, 0) is 21.4 Å². The molecule has 1 amide bonds. The number of carbonyl (C=O) groups is 1. The summed E-state index contributed by atoms with van der Waals surface area (Å²) in [5.74, 6) is 0.841. The first-order valence-corrected chi connectivity index (χ1v) is 10.7. The van der Waals surface area contributed by atoms with Crippen LogP contribution >= 0.6 is 0 Å². The minimum absolute atomic E-state index is 0.174. The number of hydrogen-bond acceptors (Lipinski definition) is 4. The van der Waals surface area contributed by atoms with Crippen LogP contribution in [0.5, 0.6) is 0 Å². The van der Waals surface area contributed by atoms with Gasteiger partial charge in [0.1, 0.15) is 4.90 Å². The van der Waals surface area contributed by atoms with E-state index in [-0.39, 0.29) is 10.8 Å². The number of sulfonamides is 1. The van der Waals surface area contributed by atoms with Crippen LogP contribution in [0, 0.1) is 11.3 Å². The van der Waals surface area contributed by atoms with Crippen molar-refractivity contribution in [3.05, 3.63) is 12.4 Å². The lowest BCUT2D eigenvalue weighted by Crippen LogP contribution is -2.50. The van der Waals surface area contributed by atoms with E-state index in [1.807, 2.05) is 11.8 Å². The summed E-state index contributed by atoms with van der Waals surface area (Å²) in [4.78, 5) is 15.3. The van der Waals surface area contributed by atoms with Crippen molar-refractivity contribution in [3.63, 3.8) is 0 Å². The normalized spacial score (nSPS) is 28.2. The van der Waals surface area contributed by atoms with E-state index >= 15 is 0 Å². The molecule has 138 valence electrons. The molecule has 0 N–H and O–H groups in total. The molecule has 0 aromatic carbocycles. The number of likely N-dealkylation sites (tertiary alicyclic amines) is 1. The molecule has 4 rings (SSSR count). The van der Waals surface area contributed by atoms with E-state index in [1.54, 1.807) is 10.9 Å². The van der Waals surface area contributed by atoms with E-state index in [0.717, 1.165) is 25.9 Å². The predicted molar refractivity (Wildman–Crippen MR) is 92.2 cm³/mol. The maximum Gasteiger partial charge on any atom is 0.246 e. The molecular weight excluding hydrogens is 340 g/mol. The molecule has 1 atom stereocenters. The monoisotopic (exact) mass is 366 g/mol. The molecule has 0 unspecified atom stereocenters. The van der Waals surface area contributed by atoms with Crippen molar-refractivity contribution in [2.45, 2.75) is 50.5 Å². The minimum atomic E-state index is -3.58. The van der Waals surface area contributed by atoms with Crippen LogP contribution in [0.15, 0.2) is 17.3 Å². The number of amides is 1. The summed E-state index contributed by atoms with van der Waals surface area (Å²) in [5.41, 5.74) is -0.513. The van der Waals surface area contributed by atoms with E-state index in [1.165, 1.54) is 23.3 Å². The Morgan fingerprint density at radius 2 is 2.08 bits per heavy atom. The molecule has 7 nitrogen and oxygen atoms in total. The van der Waals surface area contributed by atoms with E-state index < -0.39 is 15.4 Å². The molecule has 3 aliphatic rings. The Labute approximate surface area is 149 Å². The fraction of sp³-hybridized carbons (Fsp3) is 0.765. The molecule has 3 heterocycles. The first kappa shape index (κ1) is 17.0. The lowest BCUT2D eigenvalue weighted by atomic mass is 9.78. The smallest absolute Gasteiger partial charge is 0.246 e. The molecule has 2 aliphatic heterocycles. The molecule has 1 spiro atoms. The van der Waals surface area contributed by atoms with Crippen molar-refractivity contribution in [1.29, 1.82) is 0 Å². The zero-order valence-electron chi connectivity index (χ0n) is 14.7. The zero-order chi connectivity index (χ0) is 17.7. The molecular formula is C17H26N4O3S. The molecule has 0 bridgehead atoms. The van der Waals surface area contributed by atoms with Gasteiger partial charge in [-0.25, -0.2) is 8.42 Å². The summed E-state index contributed by atoms with van der Waals surface area (Å²) in [6.07, 6.45) is 7.83. The molecule has 3 fully saturated rings. The van der Waals surface area contributed by atoms with Gasteiger partial charge < -0.3 is 4.90 Å². The number of aryl methyl sites for hydroxylation is 1. The second kappa shape index (κ2) is 6.09. The van der Waals surface area contributed by atoms with Gasteiger partial charge in [-0.2, -0.15) is 9.40 Å². The van der Waals surface area contributed by atoms with E-state index in [0.29, 0.717) is 32.0 Å². The van der Waals surface area contributed by atoms with Crippen molar-refractivity contribution in [2.24, 2.45) is 11.3 Å². The average molecular weight is 366 g/mol. The number of aromatic nitrogens is 2. The van der Waals surface area contributed by atoms with Crippen LogP contribution in [0.2, 0.25) is 0 Å². The fourth-order valence-corrected chi connectivity index (χ4v) is 5.64. The van der Waals surface area contributed by atoms with Gasteiger partial charge in [-0.1, -0.05) is 0 Å². The predicted octanol–water partition coefficient (Wildman–Crippen LogP) is 1.32. The lowest BCUT2D eigenvalue weighted by Gasteiger charge is -2.39. The number of carbonyl (C=O) groups excluding carboxylic acids is 1. The Kier molecular flexibility index (Phi) is 4.15. The summed E-state index contributed by atoms with van der Waals surface area (Å²) in [6.45, 7) is 4.97. The SMILES string of the molecule is CCn1cc(S(=O)(=O)N2CC[C@@]3(CCCN(CC4CC4)C3=O)C2)cn1. The lowest BCUT2D eigenvalue weighted by molar-refractivity contribution is -0.145. The third-order valence-corrected chi connectivity index (χ3v) is 7.69. The van der Waals surface area contributed by atoms with Gasteiger partial charge >= 0.3 is 0 Å². The fourth-order valence-electron chi connectivity index (χ4n) is 4.16. The van der Waals surface area contributed by atoms with Crippen LogP contribution in [0.25, 0.3) is 0 Å². The number of nitrogens with zero attached hydrogens (tertiary/aromatic N) is 4. The van der Waals surface area contributed by atoms with Gasteiger partial charge in [-0.05, 0) is 44.9 Å². The van der Waals surface area contributed by atoms with Gasteiger partial charge in [-0.15, -0.1) is 0 Å². The Morgan fingerprint density at radius 3 is 2.76 bits per heavy atom. The summed E-state index contributed by atoms with van der Waals surface area (Å²) in [6, 6.07) is 0. The highest BCUT2D eigenvalue weighted by atomic mass is 32.2. The first-order chi connectivity index (χ1) is 11.9. The summed E-state index contributed by atoms with van der Waals surface area (Å²) in [5, 5.41) is 4.08. The molecule has 1 aromatic rings. The second-order valence-corrected chi connectivity index (χ2v) is 9.64. The molecule has 1 aromatic heterocycles. The highest BCUT2D eigenvalue weighted by Gasteiger charge is 2.51. The van der Waals surface area contributed by atoms with Crippen molar-refractivity contribution in [1.82, 2.24) is 19.0 Å². The minimum Gasteiger partial charge on any atom is -0.342 e. The average Bonchev–Trinajstić information content (AvgIpc) is 3.12. The van der Waals surface area contributed by atoms with E-state index in [4.69, 9.17) is 0 Å². The first-order valence-electron chi connectivity index (χ1n) is 9.27. The Morgan fingerprint density at radius 1 is 1.28 bits per heavy atom. The third-order valence-electron chi connectivity index (χ3n) is 5.89. The standard InChI is InChI=1S/C17H26N4O3S/c1-2-20-12-15(10-18-20)25(23,24)21-9-7-17(13-21)6-3-8-19(16(17)22)11-14-4-5-14/h10,12,14H,2-9,11,13H2,1H3/t17-/m0/s1. The summed E-state index contributed by atoms with van der Waals surface area (Å²) < 4.78 is 28.9. The Bertz CT molecular complexity index is 771. The van der Waals surface area contributed by atoms with Crippen LogP contribution in [0.4, 0.5) is 0 Å². The number of piperidine rings is 1. The highest BCUT2D eigenvalue weighted by Crippen LogP contribution is 2.43. The zero-order valence-corrected chi connectivity index (χ0v) is 15.5. The van der Waals surface area contributed by atoms with Gasteiger partial charge in [0.25, 0.3) is 0 Å². The van der Waals surface area contributed by atoms with Crippen molar-refractivity contribution < 1.29 is 13.2 Å². The molecule has 1 aliphatic carbocycles. The molecule has 0 radical (unpaired) electrons. The van der Waals surface area contributed by atoms with Gasteiger partial charge in [0.15, 0.2) is 0 Å². The molecule has 1 saturated carbocycles. The number of rotatable bonds is 5. The number of hydrogen-bond donors (Lipinski definition) is 0. The topological polar surface area (TPSA) is 75.5 Å². The maximum atomic E-state index is 13.1. The molecule has 8 heteroatoms. The quantitative estimate of drug-likeness (QED) is 0.787. The van der Waals surface area contributed by atoms with Gasteiger partial charge in [0, 0.05) is 38.9 Å². The summed E-state index contributed by atoms with van der Waals surface area (Å²) in [7, 11) is -3.58. The highest BCUT2D eigenvalue weighted by molar-refractivity contribution is 7.89. The van der Waals surface area contributed by atoms with E-state index in [9.17, 15) is 13.2 Å². The van der Waals surface area contributed by atoms with Gasteiger partial charge in [0.2, 0.25) is 15.9 Å². The van der Waals surface area contributed by atoms with Gasteiger partial charge in [-0.3, -0.25) is 9.48 Å². The Balaban J connectivity index is 1.52. The van der Waals surface area contributed by atoms with E-state index in [2.05, 4.69) is 5.10 Å². The van der Waals surface area contributed by atoms with Crippen molar-refractivity contribution in [2.75, 3.05) is 26.2 Å². The van der Waals surface area contributed by atoms with Crippen LogP contribution < -0.4 is 0 Å². The van der Waals surface area contributed by atoms with Crippen molar-refractivity contribution >= 4 is 15.9 Å². The van der Waals surface area contributed by atoms with Crippen LogP contribution in [-0.4, -0.2) is 59.5 Å².